The Morgan fingerprint density at radius 3 is 2.36 bits per heavy atom. The molecule has 1 aliphatic rings. The number of carbonyl (C=O) groups excluding carboxylic acids is 1. The molecule has 5 nitrogen and oxygen atoms in total. The van der Waals surface area contributed by atoms with Crippen LogP contribution in [0.2, 0.25) is 0 Å². The number of anilines is 2. The van der Waals surface area contributed by atoms with Gasteiger partial charge in [0.15, 0.2) is 0 Å². The Kier molecular flexibility index (Phi) is 4.26. The van der Waals surface area contributed by atoms with Crippen molar-refractivity contribution in [3.63, 3.8) is 0 Å². The Balaban J connectivity index is 1.54. The minimum Gasteiger partial charge on any atom is -0.463 e. The van der Waals surface area contributed by atoms with E-state index in [1.165, 1.54) is 6.21 Å². The maximum absolute atomic E-state index is 12.4. The van der Waals surface area contributed by atoms with Crippen LogP contribution in [0.4, 0.5) is 11.4 Å². The maximum atomic E-state index is 12.4. The summed E-state index contributed by atoms with van der Waals surface area (Å²) in [5, 5.41) is 3.94. The molecule has 4 rings (SSSR count). The fourth-order valence-electron chi connectivity index (χ4n) is 2.66. The lowest BCUT2D eigenvalue weighted by Crippen LogP contribution is -2.33. The van der Waals surface area contributed by atoms with Gasteiger partial charge in [-0.25, -0.2) is 5.43 Å². The van der Waals surface area contributed by atoms with Crippen LogP contribution in [-0.4, -0.2) is 18.7 Å². The highest BCUT2D eigenvalue weighted by molar-refractivity contribution is 7.99. The van der Waals surface area contributed by atoms with Gasteiger partial charge in [0.05, 0.1) is 23.9 Å². The van der Waals surface area contributed by atoms with E-state index in [-0.39, 0.29) is 12.5 Å². The van der Waals surface area contributed by atoms with Gasteiger partial charge in [0.2, 0.25) is 0 Å². The Morgan fingerprint density at radius 2 is 1.72 bits per heavy atom. The predicted octanol–water partition coefficient (Wildman–Crippen LogP) is 4.03. The highest BCUT2D eigenvalue weighted by atomic mass is 32.2. The number of hydrazone groups is 1. The summed E-state index contributed by atoms with van der Waals surface area (Å²) in [7, 11) is 0. The van der Waals surface area contributed by atoms with Crippen LogP contribution in [0.3, 0.4) is 0 Å². The molecule has 0 atom stereocenters. The molecule has 0 saturated carbocycles. The predicted molar refractivity (Wildman–Crippen MR) is 98.5 cm³/mol. The third-order valence-corrected chi connectivity index (χ3v) is 4.89. The van der Waals surface area contributed by atoms with Gasteiger partial charge < -0.3 is 9.32 Å². The van der Waals surface area contributed by atoms with Crippen LogP contribution in [-0.2, 0) is 4.79 Å². The van der Waals surface area contributed by atoms with E-state index in [1.807, 2.05) is 41.3 Å². The molecule has 0 fully saturated rings. The van der Waals surface area contributed by atoms with Gasteiger partial charge >= 0.3 is 0 Å². The smallest absolute Gasteiger partial charge is 0.260 e. The molecule has 0 bridgehead atoms. The van der Waals surface area contributed by atoms with Gasteiger partial charge in [0.25, 0.3) is 5.91 Å². The second-order valence-electron chi connectivity index (χ2n) is 5.43. The number of para-hydroxylation sites is 2. The summed E-state index contributed by atoms with van der Waals surface area (Å²) in [6.07, 6.45) is 3.04. The summed E-state index contributed by atoms with van der Waals surface area (Å²) < 4.78 is 5.14. The number of rotatable bonds is 4. The lowest BCUT2D eigenvalue weighted by atomic mass is 10.2. The SMILES string of the molecule is O=C(CN1c2ccccc2Sc2ccccc21)NN=Cc1ccco1. The second kappa shape index (κ2) is 6.86. The van der Waals surface area contributed by atoms with Gasteiger partial charge in [-0.05, 0) is 36.4 Å². The molecule has 25 heavy (non-hydrogen) atoms. The first-order chi connectivity index (χ1) is 12.3. The number of nitrogens with one attached hydrogen (secondary N) is 1. The van der Waals surface area contributed by atoms with Gasteiger partial charge in [0, 0.05) is 9.79 Å². The molecule has 1 N–H and O–H groups in total. The lowest BCUT2D eigenvalue weighted by Gasteiger charge is -2.31. The third kappa shape index (κ3) is 3.29. The van der Waals surface area contributed by atoms with Crippen LogP contribution in [0, 0.1) is 0 Å². The Bertz CT molecular complexity index is 876. The van der Waals surface area contributed by atoms with Gasteiger partial charge in [-0.15, -0.1) is 0 Å². The number of benzene rings is 2. The average Bonchev–Trinajstić information content (AvgIpc) is 3.15. The maximum Gasteiger partial charge on any atom is 0.260 e. The van der Waals surface area contributed by atoms with Gasteiger partial charge in [0.1, 0.15) is 12.3 Å². The Labute approximate surface area is 149 Å². The van der Waals surface area contributed by atoms with E-state index in [1.54, 1.807) is 30.2 Å². The molecular weight excluding hydrogens is 334 g/mol. The van der Waals surface area contributed by atoms with Crippen LogP contribution in [0.25, 0.3) is 0 Å². The van der Waals surface area contributed by atoms with Crippen molar-refractivity contribution in [2.24, 2.45) is 5.10 Å². The molecule has 0 spiro atoms. The van der Waals surface area contributed by atoms with Gasteiger partial charge in [-0.2, -0.15) is 5.10 Å². The third-order valence-electron chi connectivity index (χ3n) is 3.76. The van der Waals surface area contributed by atoms with E-state index in [4.69, 9.17) is 4.42 Å². The number of nitrogens with zero attached hydrogens (tertiary/aromatic N) is 2. The summed E-state index contributed by atoms with van der Waals surface area (Å²) >= 11 is 1.71. The van der Waals surface area contributed by atoms with Crippen LogP contribution in [0.15, 0.2) is 86.2 Å². The van der Waals surface area contributed by atoms with Gasteiger partial charge in [-0.1, -0.05) is 36.0 Å². The van der Waals surface area contributed by atoms with Crippen molar-refractivity contribution in [2.75, 3.05) is 11.4 Å². The summed E-state index contributed by atoms with van der Waals surface area (Å²) in [5.41, 5.74) is 4.60. The van der Waals surface area contributed by atoms with Crippen molar-refractivity contribution in [1.82, 2.24) is 5.43 Å². The van der Waals surface area contributed by atoms with Crippen molar-refractivity contribution in [3.8, 4) is 0 Å². The van der Waals surface area contributed by atoms with E-state index in [9.17, 15) is 4.79 Å². The molecule has 0 radical (unpaired) electrons. The molecule has 1 aromatic heterocycles. The number of furan rings is 1. The second-order valence-corrected chi connectivity index (χ2v) is 6.52. The normalized spacial score (nSPS) is 12.7. The number of carbonyl (C=O) groups is 1. The first kappa shape index (κ1) is 15.5. The monoisotopic (exact) mass is 349 g/mol. The molecule has 2 heterocycles. The van der Waals surface area contributed by atoms with E-state index >= 15 is 0 Å². The number of fused-ring (bicyclic) bond motifs is 2. The first-order valence-electron chi connectivity index (χ1n) is 7.80. The number of hydrogen-bond acceptors (Lipinski definition) is 5. The number of amides is 1. The fourth-order valence-corrected chi connectivity index (χ4v) is 3.76. The molecule has 3 aromatic rings. The first-order valence-corrected chi connectivity index (χ1v) is 8.62. The molecule has 0 saturated heterocycles. The molecule has 0 unspecified atom stereocenters. The highest BCUT2D eigenvalue weighted by Crippen LogP contribution is 2.47. The average molecular weight is 349 g/mol. The molecule has 6 heteroatoms. The zero-order valence-electron chi connectivity index (χ0n) is 13.3. The molecule has 1 amide bonds. The molecule has 1 aliphatic heterocycles. The number of hydrogen-bond donors (Lipinski definition) is 1. The Hall–Kier alpha value is -2.99. The van der Waals surface area contributed by atoms with Crippen LogP contribution in [0.1, 0.15) is 5.76 Å². The quantitative estimate of drug-likeness (QED) is 0.571. The lowest BCUT2D eigenvalue weighted by molar-refractivity contribution is -0.119. The zero-order valence-corrected chi connectivity index (χ0v) is 14.1. The van der Waals surface area contributed by atoms with Crippen LogP contribution in [0.5, 0.6) is 0 Å². The van der Waals surface area contributed by atoms with E-state index < -0.39 is 0 Å². The van der Waals surface area contributed by atoms with Gasteiger partial charge in [-0.3, -0.25) is 4.79 Å². The van der Waals surface area contributed by atoms with Crippen molar-refractivity contribution >= 4 is 35.3 Å². The summed E-state index contributed by atoms with van der Waals surface area (Å²) in [6.45, 7) is 0.185. The summed E-state index contributed by atoms with van der Waals surface area (Å²) in [6, 6.07) is 19.7. The van der Waals surface area contributed by atoms with Crippen molar-refractivity contribution in [3.05, 3.63) is 72.7 Å². The summed E-state index contributed by atoms with van der Waals surface area (Å²) in [5.74, 6) is 0.393. The standard InChI is InChI=1S/C19H15N3O2S/c23-19(21-20-12-14-6-5-11-24-14)13-22-15-7-1-3-9-17(15)25-18-10-4-2-8-16(18)22/h1-12H,13H2,(H,21,23). The highest BCUT2D eigenvalue weighted by Gasteiger charge is 2.24. The molecule has 2 aromatic carbocycles. The van der Waals surface area contributed by atoms with E-state index in [0.29, 0.717) is 5.76 Å². The van der Waals surface area contributed by atoms with Crippen LogP contribution < -0.4 is 10.3 Å². The van der Waals surface area contributed by atoms with E-state index in [0.717, 1.165) is 21.2 Å². The van der Waals surface area contributed by atoms with Crippen molar-refractivity contribution in [1.29, 1.82) is 0 Å². The topological polar surface area (TPSA) is 57.8 Å². The van der Waals surface area contributed by atoms with Crippen LogP contribution >= 0.6 is 11.8 Å². The van der Waals surface area contributed by atoms with Crippen molar-refractivity contribution in [2.45, 2.75) is 9.79 Å². The van der Waals surface area contributed by atoms with Crippen molar-refractivity contribution < 1.29 is 9.21 Å². The molecular formula is C19H15N3O2S. The summed E-state index contributed by atoms with van der Waals surface area (Å²) in [4.78, 5) is 16.6. The molecule has 0 aliphatic carbocycles. The fraction of sp³-hybridized carbons (Fsp3) is 0.0526. The minimum atomic E-state index is -0.195. The minimum absolute atomic E-state index is 0.185. The van der Waals surface area contributed by atoms with E-state index in [2.05, 4.69) is 22.7 Å². The largest absolute Gasteiger partial charge is 0.463 e. The zero-order chi connectivity index (χ0) is 17.1. The molecule has 124 valence electrons. The Morgan fingerprint density at radius 1 is 1.04 bits per heavy atom.